The quantitative estimate of drug-likeness (QED) is 0.463. The molecule has 2 aromatic heterocycles. The highest BCUT2D eigenvalue weighted by Gasteiger charge is 2.23. The number of hydrogen-bond acceptors (Lipinski definition) is 8. The number of methoxy groups -OCH3 is 1. The van der Waals surface area contributed by atoms with Crippen LogP contribution in [0, 0.1) is 0 Å². The molecule has 1 saturated heterocycles. The summed E-state index contributed by atoms with van der Waals surface area (Å²) >= 11 is 1.67. The number of anilines is 1. The maximum absolute atomic E-state index is 5.33. The third-order valence-corrected chi connectivity index (χ3v) is 6.30. The lowest BCUT2D eigenvalue weighted by Crippen LogP contribution is -2.46. The summed E-state index contributed by atoms with van der Waals surface area (Å²) < 4.78 is 7.13. The summed E-state index contributed by atoms with van der Waals surface area (Å²) in [6.45, 7) is 4.47. The van der Waals surface area contributed by atoms with Crippen molar-refractivity contribution in [2.75, 3.05) is 38.2 Å². The summed E-state index contributed by atoms with van der Waals surface area (Å²) in [6, 6.07) is 18.0. The van der Waals surface area contributed by atoms with Gasteiger partial charge in [-0.2, -0.15) is 4.68 Å². The Morgan fingerprint density at radius 2 is 1.84 bits per heavy atom. The van der Waals surface area contributed by atoms with Gasteiger partial charge in [0.2, 0.25) is 5.95 Å². The Bertz CT molecular complexity index is 1140. The van der Waals surface area contributed by atoms with Crippen LogP contribution in [0.2, 0.25) is 0 Å². The lowest BCUT2D eigenvalue weighted by molar-refractivity contribution is 0.246. The molecule has 1 fully saturated rings. The Labute approximate surface area is 184 Å². The Hall–Kier alpha value is -3.30. The van der Waals surface area contributed by atoms with E-state index >= 15 is 0 Å². The highest BCUT2D eigenvalue weighted by Crippen LogP contribution is 2.27. The zero-order valence-corrected chi connectivity index (χ0v) is 18.1. The van der Waals surface area contributed by atoms with Crippen LogP contribution in [0.3, 0.4) is 0 Å². The van der Waals surface area contributed by atoms with Gasteiger partial charge in [-0.05, 0) is 34.7 Å². The van der Waals surface area contributed by atoms with Crippen molar-refractivity contribution in [3.63, 3.8) is 0 Å². The molecule has 1 aliphatic heterocycles. The number of ether oxygens (including phenoxy) is 1. The molecular weight excluding hydrogens is 410 g/mol. The minimum Gasteiger partial charge on any atom is -0.497 e. The maximum Gasteiger partial charge on any atom is 0.250 e. The van der Waals surface area contributed by atoms with Crippen LogP contribution in [-0.2, 0) is 6.54 Å². The summed E-state index contributed by atoms with van der Waals surface area (Å²) in [4.78, 5) is 9.51. The Kier molecular flexibility index (Phi) is 5.59. The molecule has 158 valence electrons. The van der Waals surface area contributed by atoms with Crippen LogP contribution in [0.4, 0.5) is 5.95 Å². The molecule has 5 rings (SSSR count). The predicted molar refractivity (Wildman–Crippen MR) is 121 cm³/mol. The number of nitrogens with zero attached hydrogens (tertiary/aromatic N) is 7. The highest BCUT2D eigenvalue weighted by atomic mass is 32.1. The molecule has 0 bridgehead atoms. The normalized spacial score (nSPS) is 14.7. The standard InChI is InChI=1S/C22H23N7OS/c1-30-20-9-5-6-17(14-20)21-23-18(16-31-21)15-27-10-12-28(13-11-27)22-24-25-26-29(22)19-7-3-2-4-8-19/h2-9,14,16H,10-13,15H2,1H3. The molecule has 0 radical (unpaired) electrons. The topological polar surface area (TPSA) is 72.2 Å². The van der Waals surface area contributed by atoms with Gasteiger partial charge in [0.05, 0.1) is 18.5 Å². The van der Waals surface area contributed by atoms with Crippen LogP contribution in [-0.4, -0.2) is 63.4 Å². The molecule has 0 saturated carbocycles. The predicted octanol–water partition coefficient (Wildman–Crippen LogP) is 3.12. The van der Waals surface area contributed by atoms with E-state index in [1.165, 1.54) is 0 Å². The van der Waals surface area contributed by atoms with Crippen LogP contribution in [0.5, 0.6) is 5.75 Å². The number of tetrazole rings is 1. The van der Waals surface area contributed by atoms with Gasteiger partial charge in [-0.3, -0.25) is 4.90 Å². The number of para-hydroxylation sites is 1. The monoisotopic (exact) mass is 433 g/mol. The largest absolute Gasteiger partial charge is 0.497 e. The van der Waals surface area contributed by atoms with Gasteiger partial charge in [0.25, 0.3) is 0 Å². The lowest BCUT2D eigenvalue weighted by atomic mass is 10.2. The number of aromatic nitrogens is 5. The van der Waals surface area contributed by atoms with Crippen LogP contribution < -0.4 is 9.64 Å². The average molecular weight is 434 g/mol. The Morgan fingerprint density at radius 3 is 2.65 bits per heavy atom. The van der Waals surface area contributed by atoms with E-state index in [9.17, 15) is 0 Å². The Morgan fingerprint density at radius 1 is 1.00 bits per heavy atom. The molecular formula is C22H23N7OS. The van der Waals surface area contributed by atoms with E-state index in [1.807, 2.05) is 48.5 Å². The maximum atomic E-state index is 5.33. The first-order valence-electron chi connectivity index (χ1n) is 10.2. The third-order valence-electron chi connectivity index (χ3n) is 5.36. The molecule has 0 atom stereocenters. The van der Waals surface area contributed by atoms with Gasteiger partial charge in [0.1, 0.15) is 10.8 Å². The van der Waals surface area contributed by atoms with Gasteiger partial charge < -0.3 is 9.64 Å². The fraction of sp³-hybridized carbons (Fsp3) is 0.273. The third kappa shape index (κ3) is 4.28. The number of benzene rings is 2. The zero-order chi connectivity index (χ0) is 21.0. The second kappa shape index (κ2) is 8.83. The summed E-state index contributed by atoms with van der Waals surface area (Å²) in [5.74, 6) is 1.64. The molecule has 0 N–H and O–H groups in total. The van der Waals surface area contributed by atoms with Gasteiger partial charge in [0, 0.05) is 43.7 Å². The van der Waals surface area contributed by atoms with Gasteiger partial charge in [-0.25, -0.2) is 4.98 Å². The van der Waals surface area contributed by atoms with Crippen molar-refractivity contribution < 1.29 is 4.74 Å². The number of thiazole rings is 1. The van der Waals surface area contributed by atoms with E-state index in [2.05, 4.69) is 36.8 Å². The van der Waals surface area contributed by atoms with Crippen molar-refractivity contribution in [2.45, 2.75) is 6.54 Å². The van der Waals surface area contributed by atoms with Crippen molar-refractivity contribution in [3.8, 4) is 22.0 Å². The molecule has 4 aromatic rings. The second-order valence-corrected chi connectivity index (χ2v) is 8.22. The van der Waals surface area contributed by atoms with Gasteiger partial charge >= 0.3 is 0 Å². The molecule has 2 aromatic carbocycles. The molecule has 0 aliphatic carbocycles. The molecule has 8 nitrogen and oxygen atoms in total. The first-order valence-corrected chi connectivity index (χ1v) is 11.1. The minimum absolute atomic E-state index is 0.791. The molecule has 9 heteroatoms. The van der Waals surface area contributed by atoms with Crippen LogP contribution in [0.25, 0.3) is 16.3 Å². The molecule has 0 amide bonds. The first-order chi connectivity index (χ1) is 15.3. The number of piperazine rings is 1. The summed E-state index contributed by atoms with van der Waals surface area (Å²) in [6.07, 6.45) is 0. The lowest BCUT2D eigenvalue weighted by Gasteiger charge is -2.34. The first kappa shape index (κ1) is 19.7. The smallest absolute Gasteiger partial charge is 0.250 e. The minimum atomic E-state index is 0.791. The van der Waals surface area contributed by atoms with Crippen molar-refractivity contribution in [1.29, 1.82) is 0 Å². The van der Waals surface area contributed by atoms with Crippen LogP contribution in [0.15, 0.2) is 60.0 Å². The second-order valence-electron chi connectivity index (χ2n) is 7.37. The molecule has 1 aliphatic rings. The number of rotatable bonds is 6. The fourth-order valence-electron chi connectivity index (χ4n) is 3.72. The SMILES string of the molecule is COc1cccc(-c2nc(CN3CCN(c4nnnn4-c4ccccc4)CC3)cs2)c1. The summed E-state index contributed by atoms with van der Waals surface area (Å²) in [7, 11) is 1.68. The van der Waals surface area contributed by atoms with E-state index < -0.39 is 0 Å². The Balaban J connectivity index is 1.22. The van der Waals surface area contributed by atoms with E-state index in [0.717, 1.165) is 66.4 Å². The molecule has 31 heavy (non-hydrogen) atoms. The van der Waals surface area contributed by atoms with Crippen LogP contribution in [0.1, 0.15) is 5.69 Å². The van der Waals surface area contributed by atoms with E-state index in [0.29, 0.717) is 0 Å². The summed E-state index contributed by atoms with van der Waals surface area (Å²) in [5, 5.41) is 15.5. The van der Waals surface area contributed by atoms with Gasteiger partial charge in [-0.15, -0.1) is 11.3 Å². The van der Waals surface area contributed by atoms with E-state index in [-0.39, 0.29) is 0 Å². The zero-order valence-electron chi connectivity index (χ0n) is 17.3. The van der Waals surface area contributed by atoms with Crippen LogP contribution >= 0.6 is 11.3 Å². The van der Waals surface area contributed by atoms with Gasteiger partial charge in [-0.1, -0.05) is 35.4 Å². The molecule has 0 unspecified atom stereocenters. The van der Waals surface area contributed by atoms with Gasteiger partial charge in [0.15, 0.2) is 0 Å². The van der Waals surface area contributed by atoms with Crippen molar-refractivity contribution in [3.05, 3.63) is 65.7 Å². The van der Waals surface area contributed by atoms with Crippen molar-refractivity contribution in [2.24, 2.45) is 0 Å². The van der Waals surface area contributed by atoms with Crippen molar-refractivity contribution in [1.82, 2.24) is 30.1 Å². The van der Waals surface area contributed by atoms with E-state index in [4.69, 9.17) is 9.72 Å². The molecule has 0 spiro atoms. The number of hydrogen-bond donors (Lipinski definition) is 0. The average Bonchev–Trinajstić information content (AvgIpc) is 3.50. The highest BCUT2D eigenvalue weighted by molar-refractivity contribution is 7.13. The van der Waals surface area contributed by atoms with Crippen molar-refractivity contribution >= 4 is 17.3 Å². The molecule has 3 heterocycles. The fourth-order valence-corrected chi connectivity index (χ4v) is 4.53. The summed E-state index contributed by atoms with van der Waals surface area (Å²) in [5.41, 5.74) is 3.16. The van der Waals surface area contributed by atoms with E-state index in [1.54, 1.807) is 23.1 Å².